The van der Waals surface area contributed by atoms with Gasteiger partial charge in [0.15, 0.2) is 5.75 Å². The summed E-state index contributed by atoms with van der Waals surface area (Å²) in [4.78, 5) is 13.8. The van der Waals surface area contributed by atoms with E-state index >= 15 is 0 Å². The fourth-order valence-corrected chi connectivity index (χ4v) is 1.95. The lowest BCUT2D eigenvalue weighted by Crippen LogP contribution is -2.00. The highest BCUT2D eigenvalue weighted by Gasteiger charge is 2.12. The van der Waals surface area contributed by atoms with Gasteiger partial charge < -0.3 is 9.72 Å². The van der Waals surface area contributed by atoms with Crippen molar-refractivity contribution >= 4 is 44.4 Å². The molecule has 1 heterocycles. The first-order valence-electron chi connectivity index (χ1n) is 4.23. The number of carbonyl (C=O) groups is 1. The third-order valence-electron chi connectivity index (χ3n) is 1.95. The predicted molar refractivity (Wildman–Crippen MR) is 62.3 cm³/mol. The number of fused-ring (bicyclic) bond motifs is 1. The van der Waals surface area contributed by atoms with Gasteiger partial charge in [-0.1, -0.05) is 11.6 Å². The van der Waals surface area contributed by atoms with Crippen LogP contribution in [0.1, 0.15) is 6.92 Å². The van der Waals surface area contributed by atoms with Gasteiger partial charge >= 0.3 is 5.97 Å². The highest BCUT2D eigenvalue weighted by atomic mass is 79.9. The first kappa shape index (κ1) is 10.5. The number of carbonyl (C=O) groups excluding carboxylic acids is 1. The van der Waals surface area contributed by atoms with E-state index < -0.39 is 0 Å². The molecule has 5 heteroatoms. The molecule has 0 radical (unpaired) electrons. The highest BCUT2D eigenvalue weighted by Crippen LogP contribution is 2.36. The molecular weight excluding hydrogens is 281 g/mol. The van der Waals surface area contributed by atoms with E-state index in [1.54, 1.807) is 6.20 Å². The highest BCUT2D eigenvalue weighted by molar-refractivity contribution is 9.10. The molecule has 0 aliphatic rings. The second-order valence-electron chi connectivity index (χ2n) is 3.03. The molecule has 0 atom stereocenters. The Labute approximate surface area is 99.5 Å². The van der Waals surface area contributed by atoms with Crippen LogP contribution in [0.25, 0.3) is 10.9 Å². The lowest BCUT2D eigenvalue weighted by atomic mass is 10.2. The molecule has 1 N–H and O–H groups in total. The molecule has 15 heavy (non-hydrogen) atoms. The summed E-state index contributed by atoms with van der Waals surface area (Å²) in [7, 11) is 0. The van der Waals surface area contributed by atoms with Crippen LogP contribution in [-0.2, 0) is 4.79 Å². The van der Waals surface area contributed by atoms with Crippen molar-refractivity contribution in [2.75, 3.05) is 0 Å². The first-order chi connectivity index (χ1) is 7.09. The zero-order chi connectivity index (χ0) is 11.0. The molecule has 3 nitrogen and oxygen atoms in total. The molecule has 0 aliphatic carbocycles. The van der Waals surface area contributed by atoms with Gasteiger partial charge in [0.2, 0.25) is 0 Å². The van der Waals surface area contributed by atoms with E-state index in [0.717, 1.165) is 9.99 Å². The number of benzene rings is 1. The number of rotatable bonds is 1. The van der Waals surface area contributed by atoms with Gasteiger partial charge in [0.05, 0.1) is 15.9 Å². The van der Waals surface area contributed by atoms with Crippen LogP contribution in [0.4, 0.5) is 0 Å². The van der Waals surface area contributed by atoms with Crippen molar-refractivity contribution in [3.63, 3.8) is 0 Å². The average molecular weight is 289 g/mol. The summed E-state index contributed by atoms with van der Waals surface area (Å²) >= 11 is 9.41. The van der Waals surface area contributed by atoms with Crippen molar-refractivity contribution in [3.8, 4) is 5.75 Å². The van der Waals surface area contributed by atoms with Gasteiger partial charge in [-0.2, -0.15) is 0 Å². The van der Waals surface area contributed by atoms with E-state index in [1.165, 1.54) is 6.92 Å². The fraction of sp³-hybridized carbons (Fsp3) is 0.100. The molecule has 0 saturated heterocycles. The normalized spacial score (nSPS) is 10.6. The Bertz CT molecular complexity index is 535. The molecule has 0 saturated carbocycles. The molecule has 0 bridgehead atoms. The van der Waals surface area contributed by atoms with Gasteiger partial charge in [0, 0.05) is 17.6 Å². The van der Waals surface area contributed by atoms with Crippen LogP contribution < -0.4 is 4.74 Å². The standard InChI is InChI=1S/C10H7BrClNO2/c1-5(14)15-8-4-13-7-3-2-6(11)10(12)9(7)8/h2-4,13H,1H3. The van der Waals surface area contributed by atoms with Crippen molar-refractivity contribution in [1.29, 1.82) is 0 Å². The Morgan fingerprint density at radius 2 is 2.27 bits per heavy atom. The molecule has 0 fully saturated rings. The monoisotopic (exact) mass is 287 g/mol. The molecule has 0 spiro atoms. The molecule has 2 rings (SSSR count). The second-order valence-corrected chi connectivity index (χ2v) is 4.26. The van der Waals surface area contributed by atoms with Gasteiger partial charge in [-0.25, -0.2) is 0 Å². The summed E-state index contributed by atoms with van der Waals surface area (Å²) < 4.78 is 5.80. The van der Waals surface area contributed by atoms with Crippen LogP contribution in [0.15, 0.2) is 22.8 Å². The topological polar surface area (TPSA) is 42.1 Å². The van der Waals surface area contributed by atoms with Crippen LogP contribution in [0.2, 0.25) is 5.02 Å². The smallest absolute Gasteiger partial charge is 0.308 e. The van der Waals surface area contributed by atoms with E-state index in [1.807, 2.05) is 12.1 Å². The summed E-state index contributed by atoms with van der Waals surface area (Å²) in [5.41, 5.74) is 0.833. The number of hydrogen-bond acceptors (Lipinski definition) is 2. The SMILES string of the molecule is CC(=O)Oc1c[nH]c2ccc(Br)c(Cl)c12. The molecule has 78 valence electrons. The van der Waals surface area contributed by atoms with E-state index in [4.69, 9.17) is 16.3 Å². The van der Waals surface area contributed by atoms with Gasteiger partial charge in [-0.05, 0) is 28.1 Å². The Hall–Kier alpha value is -1.000. The Balaban J connectivity index is 2.66. The number of halogens is 2. The third-order valence-corrected chi connectivity index (χ3v) is 3.24. The van der Waals surface area contributed by atoms with Gasteiger partial charge in [0.25, 0.3) is 0 Å². The quantitative estimate of drug-likeness (QED) is 0.816. The molecule has 0 unspecified atom stereocenters. The van der Waals surface area contributed by atoms with E-state index in [9.17, 15) is 4.79 Å². The number of H-pyrrole nitrogens is 1. The van der Waals surface area contributed by atoms with Crippen LogP contribution in [0, 0.1) is 0 Å². The Kier molecular flexibility index (Phi) is 2.71. The second kappa shape index (κ2) is 3.87. The van der Waals surface area contributed by atoms with Crippen LogP contribution >= 0.6 is 27.5 Å². The lowest BCUT2D eigenvalue weighted by Gasteiger charge is -2.01. The van der Waals surface area contributed by atoms with E-state index in [-0.39, 0.29) is 5.97 Å². The zero-order valence-corrected chi connectivity index (χ0v) is 10.1. The van der Waals surface area contributed by atoms with E-state index in [2.05, 4.69) is 20.9 Å². The molecule has 0 aliphatic heterocycles. The van der Waals surface area contributed by atoms with Gasteiger partial charge in [0.1, 0.15) is 0 Å². The maximum absolute atomic E-state index is 10.9. The lowest BCUT2D eigenvalue weighted by molar-refractivity contribution is -0.131. The fourth-order valence-electron chi connectivity index (χ4n) is 1.36. The van der Waals surface area contributed by atoms with Crippen molar-refractivity contribution < 1.29 is 9.53 Å². The summed E-state index contributed by atoms with van der Waals surface area (Å²) in [6.07, 6.45) is 1.62. The number of aromatic amines is 1. The largest absolute Gasteiger partial charge is 0.424 e. The Morgan fingerprint density at radius 1 is 1.53 bits per heavy atom. The summed E-state index contributed by atoms with van der Waals surface area (Å²) in [6.45, 7) is 1.35. The average Bonchev–Trinajstić information content (AvgIpc) is 2.55. The molecule has 1 aromatic carbocycles. The van der Waals surface area contributed by atoms with Crippen LogP contribution in [0.5, 0.6) is 5.75 Å². The van der Waals surface area contributed by atoms with Crippen molar-refractivity contribution in [2.45, 2.75) is 6.92 Å². The molecule has 2 aromatic rings. The summed E-state index contributed by atoms with van der Waals surface area (Å²) in [5, 5.41) is 1.24. The first-order valence-corrected chi connectivity index (χ1v) is 5.40. The Morgan fingerprint density at radius 3 is 2.93 bits per heavy atom. The van der Waals surface area contributed by atoms with Gasteiger partial charge in [-0.3, -0.25) is 4.79 Å². The van der Waals surface area contributed by atoms with Crippen molar-refractivity contribution in [2.24, 2.45) is 0 Å². The minimum atomic E-state index is -0.369. The maximum atomic E-state index is 10.9. The number of aromatic nitrogens is 1. The van der Waals surface area contributed by atoms with Gasteiger partial charge in [-0.15, -0.1) is 0 Å². The summed E-state index contributed by atoms with van der Waals surface area (Å²) in [6, 6.07) is 3.69. The zero-order valence-electron chi connectivity index (χ0n) is 7.80. The minimum Gasteiger partial charge on any atom is -0.424 e. The number of nitrogens with one attached hydrogen (secondary N) is 1. The number of hydrogen-bond donors (Lipinski definition) is 1. The third kappa shape index (κ3) is 1.87. The van der Waals surface area contributed by atoms with Crippen LogP contribution in [0.3, 0.4) is 0 Å². The maximum Gasteiger partial charge on any atom is 0.308 e. The van der Waals surface area contributed by atoms with E-state index in [0.29, 0.717) is 16.2 Å². The predicted octanol–water partition coefficient (Wildman–Crippen LogP) is 3.51. The van der Waals surface area contributed by atoms with Crippen LogP contribution in [-0.4, -0.2) is 11.0 Å². The number of esters is 1. The molecular formula is C10H7BrClNO2. The molecule has 1 aromatic heterocycles. The van der Waals surface area contributed by atoms with Crippen molar-refractivity contribution in [3.05, 3.63) is 27.8 Å². The summed E-state index contributed by atoms with van der Waals surface area (Å²) in [5.74, 6) is 0.0794. The number of ether oxygens (including phenoxy) is 1. The minimum absolute atomic E-state index is 0.369. The van der Waals surface area contributed by atoms with Crippen molar-refractivity contribution in [1.82, 2.24) is 4.98 Å². The molecule has 0 amide bonds.